The van der Waals surface area contributed by atoms with Crippen LogP contribution >= 0.6 is 11.3 Å². The minimum Gasteiger partial charge on any atom is -0.379 e. The molecule has 5 nitrogen and oxygen atoms in total. The van der Waals surface area contributed by atoms with E-state index >= 15 is 0 Å². The molecule has 1 aromatic heterocycles. The Morgan fingerprint density at radius 2 is 2.44 bits per heavy atom. The van der Waals surface area contributed by atoms with E-state index in [1.165, 1.54) is 11.3 Å². The zero-order valence-corrected chi connectivity index (χ0v) is 11.5. The van der Waals surface area contributed by atoms with Crippen LogP contribution in [0.4, 0.5) is 5.13 Å². The Bertz CT molecular complexity index is 408. The number of nitrogens with one attached hydrogen (secondary N) is 2. The van der Waals surface area contributed by atoms with E-state index in [2.05, 4.69) is 22.5 Å². The Kier molecular flexibility index (Phi) is 4.68. The number of rotatable bonds is 5. The molecule has 2 atom stereocenters. The first kappa shape index (κ1) is 13.5. The van der Waals surface area contributed by atoms with E-state index in [-0.39, 0.29) is 17.9 Å². The van der Waals surface area contributed by atoms with E-state index in [9.17, 15) is 4.79 Å². The Morgan fingerprint density at radius 1 is 1.61 bits per heavy atom. The Balaban J connectivity index is 1.91. The van der Waals surface area contributed by atoms with Gasteiger partial charge >= 0.3 is 0 Å². The van der Waals surface area contributed by atoms with Crippen molar-refractivity contribution in [1.29, 1.82) is 0 Å². The Morgan fingerprint density at radius 3 is 3.11 bits per heavy atom. The standard InChI is InChI=1S/C12H19N3O2S/c1-3-4-13-10-7-17-6-9(10)11(16)15-12-14-5-8(2)18-12/h5,9-10,13H,3-4,6-7H2,1-2H3,(H,14,15,16). The van der Waals surface area contributed by atoms with Crippen LogP contribution in [0.1, 0.15) is 18.2 Å². The van der Waals surface area contributed by atoms with Crippen LogP contribution in [-0.4, -0.2) is 36.7 Å². The fourth-order valence-electron chi connectivity index (χ4n) is 1.95. The van der Waals surface area contributed by atoms with Gasteiger partial charge in [-0.25, -0.2) is 4.98 Å². The van der Waals surface area contributed by atoms with E-state index in [1.807, 2.05) is 6.92 Å². The van der Waals surface area contributed by atoms with Crippen LogP contribution in [0.3, 0.4) is 0 Å². The number of carbonyl (C=O) groups is 1. The summed E-state index contributed by atoms with van der Waals surface area (Å²) in [7, 11) is 0. The van der Waals surface area contributed by atoms with Gasteiger partial charge < -0.3 is 15.4 Å². The van der Waals surface area contributed by atoms with E-state index in [1.54, 1.807) is 6.20 Å². The molecular weight excluding hydrogens is 250 g/mol. The number of nitrogens with zero attached hydrogens (tertiary/aromatic N) is 1. The van der Waals surface area contributed by atoms with Gasteiger partial charge in [-0.3, -0.25) is 4.79 Å². The number of amides is 1. The molecule has 6 heteroatoms. The van der Waals surface area contributed by atoms with Gasteiger partial charge in [0.1, 0.15) is 0 Å². The summed E-state index contributed by atoms with van der Waals surface area (Å²) in [6, 6.07) is 0.117. The predicted molar refractivity (Wildman–Crippen MR) is 71.9 cm³/mol. The third kappa shape index (κ3) is 3.28. The van der Waals surface area contributed by atoms with Crippen molar-refractivity contribution in [3.63, 3.8) is 0 Å². The second kappa shape index (κ2) is 6.26. The van der Waals surface area contributed by atoms with Crippen molar-refractivity contribution in [2.24, 2.45) is 5.92 Å². The first-order valence-electron chi connectivity index (χ1n) is 6.25. The zero-order valence-electron chi connectivity index (χ0n) is 10.7. The van der Waals surface area contributed by atoms with Crippen LogP contribution in [0, 0.1) is 12.8 Å². The SMILES string of the molecule is CCCNC1COCC1C(=O)Nc1ncc(C)s1. The molecule has 0 radical (unpaired) electrons. The summed E-state index contributed by atoms with van der Waals surface area (Å²) in [6.07, 6.45) is 2.81. The summed E-state index contributed by atoms with van der Waals surface area (Å²) >= 11 is 1.49. The second-order valence-corrected chi connectivity index (χ2v) is 5.70. The molecule has 100 valence electrons. The highest BCUT2D eigenvalue weighted by atomic mass is 32.1. The highest BCUT2D eigenvalue weighted by Gasteiger charge is 2.33. The fourth-order valence-corrected chi connectivity index (χ4v) is 2.62. The maximum Gasteiger partial charge on any atom is 0.233 e. The number of thiazole rings is 1. The maximum absolute atomic E-state index is 12.1. The largest absolute Gasteiger partial charge is 0.379 e. The van der Waals surface area contributed by atoms with E-state index < -0.39 is 0 Å². The molecule has 0 aromatic carbocycles. The molecule has 2 rings (SSSR count). The number of hydrogen-bond acceptors (Lipinski definition) is 5. The van der Waals surface area contributed by atoms with Crippen molar-refractivity contribution in [2.45, 2.75) is 26.3 Å². The lowest BCUT2D eigenvalue weighted by atomic mass is 10.0. The van der Waals surface area contributed by atoms with Gasteiger partial charge in [0.25, 0.3) is 0 Å². The number of carbonyl (C=O) groups excluding carboxylic acids is 1. The van der Waals surface area contributed by atoms with Gasteiger partial charge in [-0.05, 0) is 19.9 Å². The third-order valence-corrected chi connectivity index (χ3v) is 3.75. The number of ether oxygens (including phenoxy) is 1. The minimum atomic E-state index is -0.124. The lowest BCUT2D eigenvalue weighted by molar-refractivity contribution is -0.120. The highest BCUT2D eigenvalue weighted by molar-refractivity contribution is 7.15. The van der Waals surface area contributed by atoms with Crippen LogP contribution in [0.5, 0.6) is 0 Å². The lowest BCUT2D eigenvalue weighted by Crippen LogP contribution is -2.41. The molecule has 18 heavy (non-hydrogen) atoms. The monoisotopic (exact) mass is 269 g/mol. The maximum atomic E-state index is 12.1. The topological polar surface area (TPSA) is 63.2 Å². The highest BCUT2D eigenvalue weighted by Crippen LogP contribution is 2.20. The van der Waals surface area contributed by atoms with Crippen LogP contribution in [0.2, 0.25) is 0 Å². The van der Waals surface area contributed by atoms with Crippen molar-refractivity contribution >= 4 is 22.4 Å². The predicted octanol–water partition coefficient (Wildman–Crippen LogP) is 1.40. The molecule has 0 bridgehead atoms. The molecule has 1 aliphatic heterocycles. The second-order valence-electron chi connectivity index (χ2n) is 4.47. The fraction of sp³-hybridized carbons (Fsp3) is 0.667. The number of aryl methyl sites for hydroxylation is 1. The Hall–Kier alpha value is -0.980. The zero-order chi connectivity index (χ0) is 13.0. The molecule has 1 saturated heterocycles. The number of hydrogen-bond donors (Lipinski definition) is 2. The molecule has 0 saturated carbocycles. The van der Waals surface area contributed by atoms with Gasteiger partial charge in [-0.2, -0.15) is 0 Å². The molecule has 2 N–H and O–H groups in total. The summed E-state index contributed by atoms with van der Waals surface area (Å²) in [5, 5.41) is 6.88. The molecule has 1 aliphatic rings. The number of aromatic nitrogens is 1. The average molecular weight is 269 g/mol. The van der Waals surface area contributed by atoms with Gasteiger partial charge in [0, 0.05) is 17.1 Å². The van der Waals surface area contributed by atoms with Crippen molar-refractivity contribution in [1.82, 2.24) is 10.3 Å². The van der Waals surface area contributed by atoms with Crippen molar-refractivity contribution in [3.8, 4) is 0 Å². The van der Waals surface area contributed by atoms with Crippen molar-refractivity contribution in [2.75, 3.05) is 25.1 Å². The van der Waals surface area contributed by atoms with Crippen molar-refractivity contribution < 1.29 is 9.53 Å². The van der Waals surface area contributed by atoms with E-state index in [4.69, 9.17) is 4.74 Å². The van der Waals surface area contributed by atoms with Gasteiger partial charge in [-0.15, -0.1) is 11.3 Å². The molecule has 1 amide bonds. The van der Waals surface area contributed by atoms with Crippen molar-refractivity contribution in [3.05, 3.63) is 11.1 Å². The van der Waals surface area contributed by atoms with Crippen LogP contribution in [0.25, 0.3) is 0 Å². The smallest absolute Gasteiger partial charge is 0.233 e. The summed E-state index contributed by atoms with van der Waals surface area (Å²) in [5.74, 6) is -0.129. The summed E-state index contributed by atoms with van der Waals surface area (Å²) in [5.41, 5.74) is 0. The molecule has 0 aliphatic carbocycles. The van der Waals surface area contributed by atoms with Gasteiger partial charge in [0.05, 0.1) is 19.1 Å². The van der Waals surface area contributed by atoms with Gasteiger partial charge in [0.15, 0.2) is 5.13 Å². The summed E-state index contributed by atoms with van der Waals surface area (Å²) in [6.45, 7) is 6.08. The van der Waals surface area contributed by atoms with Gasteiger partial charge in [0.2, 0.25) is 5.91 Å². The van der Waals surface area contributed by atoms with Crippen LogP contribution < -0.4 is 10.6 Å². The van der Waals surface area contributed by atoms with Crippen LogP contribution in [-0.2, 0) is 9.53 Å². The molecule has 2 heterocycles. The first-order valence-corrected chi connectivity index (χ1v) is 7.06. The normalized spacial score (nSPS) is 23.2. The molecule has 2 unspecified atom stereocenters. The van der Waals surface area contributed by atoms with Crippen LogP contribution in [0.15, 0.2) is 6.20 Å². The minimum absolute atomic E-state index is 0.00421. The molecule has 1 aromatic rings. The molecule has 0 spiro atoms. The third-order valence-electron chi connectivity index (χ3n) is 2.93. The number of anilines is 1. The molecular formula is C12H19N3O2S. The summed E-state index contributed by atoms with van der Waals surface area (Å²) < 4.78 is 5.39. The molecule has 1 fully saturated rings. The van der Waals surface area contributed by atoms with E-state index in [0.717, 1.165) is 17.8 Å². The Labute approximate surface area is 111 Å². The van der Waals surface area contributed by atoms with Gasteiger partial charge in [-0.1, -0.05) is 6.92 Å². The average Bonchev–Trinajstić information content (AvgIpc) is 2.95. The first-order chi connectivity index (χ1) is 8.70. The lowest BCUT2D eigenvalue weighted by Gasteiger charge is -2.17. The summed E-state index contributed by atoms with van der Waals surface area (Å²) in [4.78, 5) is 17.4. The van der Waals surface area contributed by atoms with E-state index in [0.29, 0.717) is 18.3 Å². The quantitative estimate of drug-likeness (QED) is 0.848.